The van der Waals surface area contributed by atoms with Gasteiger partial charge in [-0.15, -0.1) is 0 Å². The van der Waals surface area contributed by atoms with E-state index >= 15 is 0 Å². The molecule has 0 radical (unpaired) electrons. The molecule has 230 valence electrons. The highest BCUT2D eigenvalue weighted by atomic mass is 35.5. The Kier molecular flexibility index (Phi) is 11.9. The average Bonchev–Trinajstić information content (AvgIpc) is 2.99. The fourth-order valence-electron chi connectivity index (χ4n) is 5.50. The van der Waals surface area contributed by atoms with Crippen molar-refractivity contribution in [2.24, 2.45) is 0 Å². The third-order valence-corrected chi connectivity index (χ3v) is 9.45. The van der Waals surface area contributed by atoms with Gasteiger partial charge in [-0.1, -0.05) is 84.9 Å². The van der Waals surface area contributed by atoms with Crippen molar-refractivity contribution in [3.05, 3.63) is 100 Å². The first-order valence-corrected chi connectivity index (χ1v) is 17.3. The Labute approximate surface area is 265 Å². The Morgan fingerprint density at radius 1 is 0.860 bits per heavy atom. The van der Waals surface area contributed by atoms with Crippen molar-refractivity contribution < 1.29 is 18.0 Å². The minimum absolute atomic E-state index is 0.0647. The second kappa shape index (κ2) is 15.6. The second-order valence-electron chi connectivity index (χ2n) is 11.1. The van der Waals surface area contributed by atoms with Crippen molar-refractivity contribution in [3.63, 3.8) is 0 Å². The van der Waals surface area contributed by atoms with Crippen molar-refractivity contribution in [2.75, 3.05) is 17.1 Å². The molecule has 43 heavy (non-hydrogen) atoms. The summed E-state index contributed by atoms with van der Waals surface area (Å²) in [6, 6.07) is 22.8. The van der Waals surface area contributed by atoms with Gasteiger partial charge in [-0.25, -0.2) is 8.42 Å². The summed E-state index contributed by atoms with van der Waals surface area (Å²) < 4.78 is 26.5. The highest BCUT2D eigenvalue weighted by Crippen LogP contribution is 2.23. The molecule has 3 aromatic carbocycles. The van der Waals surface area contributed by atoms with Gasteiger partial charge < -0.3 is 10.2 Å². The van der Waals surface area contributed by atoms with E-state index in [0.29, 0.717) is 22.2 Å². The van der Waals surface area contributed by atoms with Crippen molar-refractivity contribution in [3.8, 4) is 0 Å². The van der Waals surface area contributed by atoms with Crippen LogP contribution >= 0.6 is 23.2 Å². The largest absolute Gasteiger partial charge is 0.352 e. The monoisotopic (exact) mass is 643 g/mol. The Hall–Kier alpha value is -3.07. The Bertz CT molecular complexity index is 1450. The molecule has 1 N–H and O–H groups in total. The fraction of sp³-hybridized carbons (Fsp3) is 0.394. The van der Waals surface area contributed by atoms with E-state index in [1.807, 2.05) is 42.5 Å². The summed E-state index contributed by atoms with van der Waals surface area (Å²) in [6.07, 6.45) is 7.02. The molecule has 0 aromatic heterocycles. The molecule has 10 heteroatoms. The van der Waals surface area contributed by atoms with Gasteiger partial charge in [-0.05, 0) is 66.8 Å². The highest BCUT2D eigenvalue weighted by molar-refractivity contribution is 7.92. The molecule has 1 unspecified atom stereocenters. The van der Waals surface area contributed by atoms with Crippen molar-refractivity contribution in [1.82, 2.24) is 10.2 Å². The molecule has 7 nitrogen and oxygen atoms in total. The van der Waals surface area contributed by atoms with Crippen molar-refractivity contribution in [1.29, 1.82) is 0 Å². The van der Waals surface area contributed by atoms with E-state index in [4.69, 9.17) is 23.2 Å². The molecular formula is C33H39Cl2N3O4S. The topological polar surface area (TPSA) is 86.8 Å². The van der Waals surface area contributed by atoms with E-state index in [1.54, 1.807) is 41.3 Å². The van der Waals surface area contributed by atoms with E-state index in [2.05, 4.69) is 5.32 Å². The third kappa shape index (κ3) is 9.98. The number of nitrogens with zero attached hydrogens (tertiary/aromatic N) is 2. The van der Waals surface area contributed by atoms with Crippen LogP contribution in [0.4, 0.5) is 5.69 Å². The Balaban J connectivity index is 1.58. The van der Waals surface area contributed by atoms with Crippen LogP contribution in [0.25, 0.3) is 0 Å². The van der Waals surface area contributed by atoms with E-state index in [9.17, 15) is 18.0 Å². The predicted molar refractivity (Wildman–Crippen MR) is 174 cm³/mol. The summed E-state index contributed by atoms with van der Waals surface area (Å²) in [5, 5.41) is 4.32. The maximum atomic E-state index is 14.0. The molecule has 1 saturated carbocycles. The molecule has 0 aliphatic heterocycles. The first-order chi connectivity index (χ1) is 20.6. The lowest BCUT2D eigenvalue weighted by molar-refractivity contribution is -0.141. The summed E-state index contributed by atoms with van der Waals surface area (Å²) in [6.45, 7) is 0.331. The molecule has 1 aliphatic carbocycles. The molecule has 1 atom stereocenters. The van der Waals surface area contributed by atoms with Gasteiger partial charge in [0.2, 0.25) is 21.8 Å². The van der Waals surface area contributed by atoms with Crippen LogP contribution in [0.5, 0.6) is 0 Å². The zero-order chi connectivity index (χ0) is 30.8. The first kappa shape index (κ1) is 32.8. The van der Waals surface area contributed by atoms with Gasteiger partial charge in [-0.2, -0.15) is 0 Å². The number of carbonyl (C=O) groups excluding carboxylic acids is 2. The van der Waals surface area contributed by atoms with E-state index in [0.717, 1.165) is 43.1 Å². The average molecular weight is 645 g/mol. The lowest BCUT2D eigenvalue weighted by atomic mass is 9.94. The smallest absolute Gasteiger partial charge is 0.243 e. The summed E-state index contributed by atoms with van der Waals surface area (Å²) >= 11 is 12.1. The van der Waals surface area contributed by atoms with Gasteiger partial charge in [0.1, 0.15) is 6.04 Å². The lowest BCUT2D eigenvalue weighted by Crippen LogP contribution is -2.52. The van der Waals surface area contributed by atoms with Gasteiger partial charge in [0, 0.05) is 42.0 Å². The lowest BCUT2D eigenvalue weighted by Gasteiger charge is -2.34. The van der Waals surface area contributed by atoms with Crippen LogP contribution in [0.2, 0.25) is 10.0 Å². The predicted octanol–water partition coefficient (Wildman–Crippen LogP) is 6.63. The SMILES string of the molecule is CS(=O)(=O)N(CCCC(=O)N(Cc1ccc(Cl)cc1)C(Cc1ccccc1)C(=O)NC1CCCCC1)c1ccc(Cl)cc1. The summed E-state index contributed by atoms with van der Waals surface area (Å²) in [4.78, 5) is 29.5. The quantitative estimate of drug-likeness (QED) is 0.227. The number of rotatable bonds is 13. The number of halogens is 2. The normalized spacial score (nSPS) is 14.6. The number of carbonyl (C=O) groups is 2. The molecule has 0 spiro atoms. The van der Waals surface area contributed by atoms with Crippen LogP contribution in [-0.4, -0.2) is 50.0 Å². The molecule has 0 heterocycles. The number of hydrogen-bond donors (Lipinski definition) is 1. The van der Waals surface area contributed by atoms with Gasteiger partial charge >= 0.3 is 0 Å². The molecular weight excluding hydrogens is 605 g/mol. The van der Waals surface area contributed by atoms with Gasteiger partial charge in [-0.3, -0.25) is 13.9 Å². The van der Waals surface area contributed by atoms with Crippen LogP contribution in [0.1, 0.15) is 56.1 Å². The fourth-order valence-corrected chi connectivity index (χ4v) is 6.71. The van der Waals surface area contributed by atoms with E-state index in [1.165, 1.54) is 10.7 Å². The highest BCUT2D eigenvalue weighted by Gasteiger charge is 2.32. The van der Waals surface area contributed by atoms with Crippen LogP contribution in [0.3, 0.4) is 0 Å². The van der Waals surface area contributed by atoms with E-state index < -0.39 is 16.1 Å². The second-order valence-corrected chi connectivity index (χ2v) is 13.9. The number of amides is 2. The van der Waals surface area contributed by atoms with E-state index in [-0.39, 0.29) is 43.8 Å². The minimum atomic E-state index is -3.60. The van der Waals surface area contributed by atoms with Crippen LogP contribution < -0.4 is 9.62 Å². The van der Waals surface area contributed by atoms with Gasteiger partial charge in [0.05, 0.1) is 11.9 Å². The third-order valence-electron chi connectivity index (χ3n) is 7.76. The molecule has 2 amide bonds. The molecule has 1 aliphatic rings. The number of anilines is 1. The standard InChI is InChI=1S/C33H39Cl2N3O4S/c1-43(41,42)38(30-20-18-28(35)19-21-30)22-8-13-32(39)37(24-26-14-16-27(34)17-15-26)31(23-25-9-4-2-5-10-25)33(40)36-29-11-6-3-7-12-29/h2,4-5,9-10,14-21,29,31H,3,6-8,11-13,22-24H2,1H3,(H,36,40). The molecule has 3 aromatic rings. The maximum Gasteiger partial charge on any atom is 0.243 e. The minimum Gasteiger partial charge on any atom is -0.352 e. The molecule has 0 bridgehead atoms. The van der Waals surface area contributed by atoms with Gasteiger partial charge in [0.25, 0.3) is 0 Å². The summed E-state index contributed by atoms with van der Waals surface area (Å²) in [7, 11) is -3.60. The van der Waals surface area contributed by atoms with Crippen molar-refractivity contribution in [2.45, 2.75) is 70.0 Å². The van der Waals surface area contributed by atoms with Crippen LogP contribution in [-0.2, 0) is 32.6 Å². The van der Waals surface area contributed by atoms with Crippen molar-refractivity contribution >= 4 is 50.7 Å². The summed E-state index contributed by atoms with van der Waals surface area (Å²) in [5.74, 6) is -0.392. The number of hydrogen-bond acceptors (Lipinski definition) is 4. The zero-order valence-electron chi connectivity index (χ0n) is 24.4. The molecule has 1 fully saturated rings. The summed E-state index contributed by atoms with van der Waals surface area (Å²) in [5.41, 5.74) is 2.28. The molecule has 4 rings (SSSR count). The first-order valence-electron chi connectivity index (χ1n) is 14.7. The Morgan fingerprint density at radius 2 is 1.47 bits per heavy atom. The number of nitrogens with one attached hydrogen (secondary N) is 1. The van der Waals surface area contributed by atoms with Crippen LogP contribution in [0.15, 0.2) is 78.9 Å². The van der Waals surface area contributed by atoms with Gasteiger partial charge in [0.15, 0.2) is 0 Å². The number of sulfonamides is 1. The molecule has 0 saturated heterocycles. The zero-order valence-corrected chi connectivity index (χ0v) is 26.8. The van der Waals surface area contributed by atoms with Crippen LogP contribution in [0, 0.1) is 0 Å². The number of benzene rings is 3. The maximum absolute atomic E-state index is 14.0. The Morgan fingerprint density at radius 3 is 2.07 bits per heavy atom.